The highest BCUT2D eigenvalue weighted by Crippen LogP contribution is 2.20. The summed E-state index contributed by atoms with van der Waals surface area (Å²) in [5.41, 5.74) is 1.49. The number of nitrogens with zero attached hydrogens (tertiary/aromatic N) is 4. The Hall–Kier alpha value is -1.94. The van der Waals surface area contributed by atoms with Gasteiger partial charge >= 0.3 is 0 Å². The van der Waals surface area contributed by atoms with Crippen LogP contribution in [0.3, 0.4) is 0 Å². The summed E-state index contributed by atoms with van der Waals surface area (Å²) in [6.07, 6.45) is 0. The monoisotopic (exact) mass is 278 g/mol. The molecule has 1 aromatic carbocycles. The quantitative estimate of drug-likeness (QED) is 0.887. The van der Waals surface area contributed by atoms with Gasteiger partial charge in [-0.15, -0.1) is 10.2 Å². The average Bonchev–Trinajstić information content (AvgIpc) is 2.79. The maximum absolute atomic E-state index is 8.76. The molecule has 2 rings (SSSR count). The second kappa shape index (κ2) is 4.72. The van der Waals surface area contributed by atoms with Crippen LogP contribution in [0.4, 0.5) is 5.69 Å². The first-order valence-corrected chi connectivity index (χ1v) is 5.25. The third-order valence-corrected chi connectivity index (χ3v) is 2.59. The molecule has 2 aromatic rings. The molecule has 0 amide bonds. The molecule has 0 unspecified atom stereocenters. The summed E-state index contributed by atoms with van der Waals surface area (Å²) in [6.45, 7) is 0.481. The van der Waals surface area contributed by atoms with Crippen LogP contribution in [0.15, 0.2) is 22.7 Å². The van der Waals surface area contributed by atoms with E-state index in [1.807, 2.05) is 12.1 Å². The molecule has 0 aliphatic rings. The fraction of sp³-hybridized carbons (Fsp3) is 0.111. The fourth-order valence-corrected chi connectivity index (χ4v) is 1.62. The van der Waals surface area contributed by atoms with Crippen molar-refractivity contribution in [1.82, 2.24) is 20.6 Å². The van der Waals surface area contributed by atoms with Crippen LogP contribution in [0, 0.1) is 11.3 Å². The molecule has 16 heavy (non-hydrogen) atoms. The number of nitriles is 1. The van der Waals surface area contributed by atoms with Gasteiger partial charge in [0.15, 0.2) is 5.82 Å². The molecule has 0 saturated heterocycles. The van der Waals surface area contributed by atoms with Crippen molar-refractivity contribution in [3.63, 3.8) is 0 Å². The summed E-state index contributed by atoms with van der Waals surface area (Å²) in [7, 11) is 0. The third kappa shape index (κ3) is 2.35. The zero-order valence-electron chi connectivity index (χ0n) is 8.11. The molecule has 0 fully saturated rings. The van der Waals surface area contributed by atoms with E-state index in [1.165, 1.54) is 0 Å². The van der Waals surface area contributed by atoms with E-state index >= 15 is 0 Å². The van der Waals surface area contributed by atoms with Crippen molar-refractivity contribution in [1.29, 1.82) is 5.26 Å². The Balaban J connectivity index is 2.06. The highest BCUT2D eigenvalue weighted by Gasteiger charge is 2.01. The minimum absolute atomic E-state index is 0.481. The molecule has 7 heteroatoms. The Labute approximate surface area is 99.8 Å². The lowest BCUT2D eigenvalue weighted by molar-refractivity contribution is 0.881. The van der Waals surface area contributed by atoms with Crippen LogP contribution in [0.2, 0.25) is 0 Å². The van der Waals surface area contributed by atoms with Gasteiger partial charge in [-0.05, 0) is 34.1 Å². The Morgan fingerprint density at radius 2 is 2.38 bits per heavy atom. The number of benzene rings is 1. The van der Waals surface area contributed by atoms with Crippen LogP contribution in [0.1, 0.15) is 11.4 Å². The van der Waals surface area contributed by atoms with E-state index in [9.17, 15) is 0 Å². The predicted molar refractivity (Wildman–Crippen MR) is 60.4 cm³/mol. The third-order valence-electron chi connectivity index (χ3n) is 1.93. The lowest BCUT2D eigenvalue weighted by atomic mass is 10.2. The van der Waals surface area contributed by atoms with Gasteiger partial charge in [-0.2, -0.15) is 10.5 Å². The molecule has 0 atom stereocenters. The number of H-pyrrole nitrogens is 1. The molecule has 6 nitrogen and oxygen atoms in total. The van der Waals surface area contributed by atoms with Crippen LogP contribution >= 0.6 is 15.9 Å². The number of nitrogens with one attached hydrogen (secondary N) is 2. The van der Waals surface area contributed by atoms with Crippen LogP contribution in [0.5, 0.6) is 0 Å². The maximum atomic E-state index is 8.76. The standard InChI is InChI=1S/C9H7BrN6/c10-8-3-7(2-1-6(8)4-11)12-5-9-13-15-16-14-9/h1-3,12H,5H2,(H,13,14,15,16). The zero-order valence-corrected chi connectivity index (χ0v) is 9.69. The molecule has 0 radical (unpaired) electrons. The Bertz CT molecular complexity index is 515. The summed E-state index contributed by atoms with van der Waals surface area (Å²) in [5, 5.41) is 25.3. The Morgan fingerprint density at radius 3 is 3.00 bits per heavy atom. The van der Waals surface area contributed by atoms with Crippen LogP contribution in [-0.4, -0.2) is 20.6 Å². The van der Waals surface area contributed by atoms with Gasteiger partial charge < -0.3 is 5.32 Å². The van der Waals surface area contributed by atoms with Crippen molar-refractivity contribution in [3.8, 4) is 6.07 Å². The van der Waals surface area contributed by atoms with Gasteiger partial charge in [-0.25, -0.2) is 0 Å². The first kappa shape index (κ1) is 10.6. The van der Waals surface area contributed by atoms with Gasteiger partial charge in [0.2, 0.25) is 0 Å². The number of halogens is 1. The molecular weight excluding hydrogens is 272 g/mol. The van der Waals surface area contributed by atoms with Gasteiger partial charge in [-0.1, -0.05) is 5.21 Å². The van der Waals surface area contributed by atoms with Crippen molar-refractivity contribution in [3.05, 3.63) is 34.1 Å². The van der Waals surface area contributed by atoms with Crippen molar-refractivity contribution in [2.24, 2.45) is 0 Å². The number of aromatic amines is 1. The van der Waals surface area contributed by atoms with Gasteiger partial charge in [0.25, 0.3) is 0 Å². The van der Waals surface area contributed by atoms with Crippen LogP contribution < -0.4 is 5.32 Å². The highest BCUT2D eigenvalue weighted by atomic mass is 79.9. The zero-order chi connectivity index (χ0) is 11.4. The molecule has 0 bridgehead atoms. The normalized spacial score (nSPS) is 9.75. The molecule has 0 saturated carbocycles. The van der Waals surface area contributed by atoms with E-state index in [0.29, 0.717) is 17.9 Å². The Morgan fingerprint density at radius 1 is 1.50 bits per heavy atom. The van der Waals surface area contributed by atoms with Gasteiger partial charge in [0, 0.05) is 10.2 Å². The SMILES string of the molecule is N#Cc1ccc(NCc2nn[nH]n2)cc1Br. The topological polar surface area (TPSA) is 90.3 Å². The molecule has 0 spiro atoms. The van der Waals surface area contributed by atoms with E-state index in [4.69, 9.17) is 5.26 Å². The minimum Gasteiger partial charge on any atom is -0.378 e. The van der Waals surface area contributed by atoms with Crippen molar-refractivity contribution in [2.45, 2.75) is 6.54 Å². The van der Waals surface area contributed by atoms with E-state index in [-0.39, 0.29) is 0 Å². The molecule has 2 N–H and O–H groups in total. The van der Waals surface area contributed by atoms with E-state index in [2.05, 4.69) is 47.9 Å². The number of rotatable bonds is 3. The number of aromatic nitrogens is 4. The molecule has 0 aliphatic heterocycles. The van der Waals surface area contributed by atoms with E-state index in [1.54, 1.807) is 6.07 Å². The van der Waals surface area contributed by atoms with Crippen molar-refractivity contribution >= 4 is 21.6 Å². The molecule has 0 aliphatic carbocycles. The second-order valence-electron chi connectivity index (χ2n) is 2.99. The van der Waals surface area contributed by atoms with E-state index in [0.717, 1.165) is 10.2 Å². The Kier molecular flexibility index (Phi) is 3.12. The summed E-state index contributed by atoms with van der Waals surface area (Å²) in [5.74, 6) is 0.584. The van der Waals surface area contributed by atoms with Crippen molar-refractivity contribution in [2.75, 3.05) is 5.32 Å². The summed E-state index contributed by atoms with van der Waals surface area (Å²) < 4.78 is 0.758. The largest absolute Gasteiger partial charge is 0.378 e. The highest BCUT2D eigenvalue weighted by molar-refractivity contribution is 9.10. The number of tetrazole rings is 1. The molecule has 1 aromatic heterocycles. The lowest BCUT2D eigenvalue weighted by Gasteiger charge is -2.04. The van der Waals surface area contributed by atoms with Gasteiger partial charge in [0.05, 0.1) is 12.1 Å². The molecular formula is C9H7BrN6. The van der Waals surface area contributed by atoms with E-state index < -0.39 is 0 Å². The molecule has 80 valence electrons. The van der Waals surface area contributed by atoms with Crippen molar-refractivity contribution < 1.29 is 0 Å². The number of anilines is 1. The molecule has 1 heterocycles. The second-order valence-corrected chi connectivity index (χ2v) is 3.84. The number of hydrogen-bond donors (Lipinski definition) is 2. The van der Waals surface area contributed by atoms with Crippen LogP contribution in [-0.2, 0) is 6.54 Å². The fourth-order valence-electron chi connectivity index (χ4n) is 1.15. The minimum atomic E-state index is 0.481. The maximum Gasteiger partial charge on any atom is 0.193 e. The van der Waals surface area contributed by atoms with Crippen LogP contribution in [0.25, 0.3) is 0 Å². The smallest absolute Gasteiger partial charge is 0.193 e. The number of hydrogen-bond acceptors (Lipinski definition) is 5. The van der Waals surface area contributed by atoms with Gasteiger partial charge in [-0.3, -0.25) is 0 Å². The lowest BCUT2D eigenvalue weighted by Crippen LogP contribution is -2.01. The summed E-state index contributed by atoms with van der Waals surface area (Å²) in [6, 6.07) is 7.47. The summed E-state index contributed by atoms with van der Waals surface area (Å²) >= 11 is 3.31. The summed E-state index contributed by atoms with van der Waals surface area (Å²) in [4.78, 5) is 0. The first-order chi connectivity index (χ1) is 7.79. The predicted octanol–water partition coefficient (Wildman–Crippen LogP) is 1.45. The first-order valence-electron chi connectivity index (χ1n) is 4.45. The average molecular weight is 279 g/mol. The van der Waals surface area contributed by atoms with Gasteiger partial charge in [0.1, 0.15) is 6.07 Å².